The number of carboxylic acids is 1. The number of aliphatic carboxylic acids is 1. The van der Waals surface area contributed by atoms with Crippen LogP contribution in [0.4, 0.5) is 11.4 Å². The molecule has 1 aromatic carbocycles. The molecule has 0 aliphatic carbocycles. The molecule has 0 spiro atoms. The summed E-state index contributed by atoms with van der Waals surface area (Å²) in [7, 11) is 0. The number of pyridine rings is 2. The number of nitrogens with two attached hydrogens (primary N) is 1. The van der Waals surface area contributed by atoms with Gasteiger partial charge in [0.2, 0.25) is 11.8 Å². The van der Waals surface area contributed by atoms with Crippen LogP contribution in [-0.2, 0) is 20.8 Å². The number of nitrogens with one attached hydrogen (secondary N) is 2. The van der Waals surface area contributed by atoms with E-state index in [-0.39, 0.29) is 17.7 Å². The number of hydrogen-bond acceptors (Lipinski definition) is 8. The second kappa shape index (κ2) is 9.04. The summed E-state index contributed by atoms with van der Waals surface area (Å²) in [5, 5.41) is 14.6. The van der Waals surface area contributed by atoms with Crippen molar-refractivity contribution in [2.45, 2.75) is 42.5 Å². The molecular formula is C25H24N6O5S. The van der Waals surface area contributed by atoms with Crippen molar-refractivity contribution >= 4 is 57.9 Å². The molecular weight excluding hydrogens is 496 g/mol. The summed E-state index contributed by atoms with van der Waals surface area (Å²) >= 11 is 1.36. The highest BCUT2D eigenvalue weighted by Crippen LogP contribution is 2.50. The summed E-state index contributed by atoms with van der Waals surface area (Å²) in [6, 6.07) is 8.52. The third-order valence-electron chi connectivity index (χ3n) is 6.52. The van der Waals surface area contributed by atoms with E-state index in [1.807, 2.05) is 0 Å². The van der Waals surface area contributed by atoms with Crippen molar-refractivity contribution in [2.24, 2.45) is 0 Å². The molecule has 0 radical (unpaired) electrons. The molecule has 11 nitrogen and oxygen atoms in total. The van der Waals surface area contributed by atoms with Gasteiger partial charge in [-0.25, -0.2) is 4.79 Å². The lowest BCUT2D eigenvalue weighted by molar-refractivity contribution is -0.161. The topological polar surface area (TPSA) is 168 Å². The number of aromatic nitrogens is 2. The number of nitrogens with zero attached hydrogens (tertiary/aromatic N) is 3. The van der Waals surface area contributed by atoms with Crippen molar-refractivity contribution < 1.29 is 24.3 Å². The largest absolute Gasteiger partial charge is 0.480 e. The zero-order valence-corrected chi connectivity index (χ0v) is 20.8. The summed E-state index contributed by atoms with van der Waals surface area (Å²) in [4.78, 5) is 60.0. The standard InChI is InChI=1S/C25H24N6O5S/c1-25(2)20(24(35)36)31-22(34)19(23(31)37-25)30-16(32)10-12-6-3-4-7-14(12)29-21(33)13-11-28-15-8-5-9-27-18(15)17(13)26/h3-9,11,19-20,23H,10H2,1-2H3,(H2,26,28)(H,29,33)(H,30,32)(H,35,36)/t19?,20-,23+/m0/s1. The van der Waals surface area contributed by atoms with Crippen molar-refractivity contribution in [2.75, 3.05) is 11.1 Å². The van der Waals surface area contributed by atoms with E-state index in [1.165, 1.54) is 22.9 Å². The van der Waals surface area contributed by atoms with E-state index >= 15 is 0 Å². The Kier molecular flexibility index (Phi) is 5.98. The van der Waals surface area contributed by atoms with E-state index in [1.54, 1.807) is 56.4 Å². The molecule has 5 rings (SSSR count). The molecule has 5 N–H and O–H groups in total. The van der Waals surface area contributed by atoms with Gasteiger partial charge in [0, 0.05) is 22.8 Å². The molecule has 3 atom stereocenters. The quantitative estimate of drug-likeness (QED) is 0.353. The molecule has 4 heterocycles. The number of carbonyl (C=O) groups excluding carboxylic acids is 3. The van der Waals surface area contributed by atoms with Gasteiger partial charge in [0.15, 0.2) is 0 Å². The first-order valence-electron chi connectivity index (χ1n) is 11.5. The molecule has 37 heavy (non-hydrogen) atoms. The lowest BCUT2D eigenvalue weighted by Crippen LogP contribution is -2.70. The van der Waals surface area contributed by atoms with Gasteiger partial charge in [0.1, 0.15) is 23.0 Å². The SMILES string of the molecule is CC1(C)S[C@@H]2C(NC(=O)Cc3ccccc3NC(=O)c3cnc4cccnc4c3N)C(=O)N2[C@H]1C(=O)O. The van der Waals surface area contributed by atoms with E-state index in [0.717, 1.165) is 0 Å². The van der Waals surface area contributed by atoms with Gasteiger partial charge >= 0.3 is 5.97 Å². The van der Waals surface area contributed by atoms with Gasteiger partial charge in [0.25, 0.3) is 5.91 Å². The number of hydrogen-bond donors (Lipinski definition) is 4. The van der Waals surface area contributed by atoms with E-state index in [2.05, 4.69) is 20.6 Å². The van der Waals surface area contributed by atoms with E-state index < -0.39 is 45.9 Å². The molecule has 0 saturated carbocycles. The monoisotopic (exact) mass is 520 g/mol. The molecule has 12 heteroatoms. The summed E-state index contributed by atoms with van der Waals surface area (Å²) in [6.07, 6.45) is 2.84. The first kappa shape index (κ1) is 24.5. The number of β-lactam (4-membered cyclic amide) rings is 1. The van der Waals surface area contributed by atoms with Crippen molar-refractivity contribution in [3.05, 3.63) is 59.9 Å². The number of para-hydroxylation sites is 1. The van der Waals surface area contributed by atoms with Crippen LogP contribution in [0.3, 0.4) is 0 Å². The van der Waals surface area contributed by atoms with Crippen LogP contribution in [0.25, 0.3) is 11.0 Å². The predicted octanol–water partition coefficient (Wildman–Crippen LogP) is 1.64. The summed E-state index contributed by atoms with van der Waals surface area (Å²) in [5.74, 6) is -2.41. The van der Waals surface area contributed by atoms with Gasteiger partial charge in [-0.15, -0.1) is 11.8 Å². The molecule has 1 unspecified atom stereocenters. The molecule has 190 valence electrons. The van der Waals surface area contributed by atoms with Crippen LogP contribution in [0.5, 0.6) is 0 Å². The van der Waals surface area contributed by atoms with Crippen LogP contribution in [0.1, 0.15) is 29.8 Å². The predicted molar refractivity (Wildman–Crippen MR) is 138 cm³/mol. The minimum absolute atomic E-state index is 0.101. The second-order valence-electron chi connectivity index (χ2n) is 9.39. The van der Waals surface area contributed by atoms with Crippen LogP contribution in [0.15, 0.2) is 48.8 Å². The number of carboxylic acid groups (broad SMARTS) is 1. The van der Waals surface area contributed by atoms with Crippen LogP contribution in [0, 0.1) is 0 Å². The zero-order valence-electron chi connectivity index (χ0n) is 20.0. The normalized spacial score (nSPS) is 21.7. The molecule has 2 aromatic heterocycles. The van der Waals surface area contributed by atoms with Crippen molar-refractivity contribution in [1.29, 1.82) is 0 Å². The summed E-state index contributed by atoms with van der Waals surface area (Å²) in [6.45, 7) is 3.54. The number of rotatable bonds is 6. The minimum Gasteiger partial charge on any atom is -0.480 e. The maximum Gasteiger partial charge on any atom is 0.327 e. The Morgan fingerprint density at radius 2 is 1.92 bits per heavy atom. The minimum atomic E-state index is -1.07. The second-order valence-corrected chi connectivity index (χ2v) is 11.2. The van der Waals surface area contributed by atoms with Gasteiger partial charge in [0.05, 0.1) is 23.2 Å². The summed E-state index contributed by atoms with van der Waals surface area (Å²) in [5.41, 5.74) is 8.44. The van der Waals surface area contributed by atoms with E-state index in [4.69, 9.17) is 5.73 Å². The van der Waals surface area contributed by atoms with Crippen LogP contribution >= 0.6 is 11.8 Å². The fourth-order valence-corrected chi connectivity index (χ4v) is 6.37. The van der Waals surface area contributed by atoms with Gasteiger partial charge in [-0.05, 0) is 37.6 Å². The van der Waals surface area contributed by atoms with Crippen LogP contribution < -0.4 is 16.4 Å². The highest BCUT2D eigenvalue weighted by atomic mass is 32.2. The first-order chi connectivity index (χ1) is 17.6. The van der Waals surface area contributed by atoms with Crippen molar-refractivity contribution in [3.8, 4) is 0 Å². The molecule has 3 aromatic rings. The molecule has 0 bridgehead atoms. The summed E-state index contributed by atoms with van der Waals surface area (Å²) < 4.78 is -0.683. The number of thioether (sulfide) groups is 1. The number of benzene rings is 1. The molecule has 2 fully saturated rings. The highest BCUT2D eigenvalue weighted by Gasteiger charge is 2.64. The van der Waals surface area contributed by atoms with Crippen LogP contribution in [0.2, 0.25) is 0 Å². The maximum absolute atomic E-state index is 13.0. The van der Waals surface area contributed by atoms with Crippen molar-refractivity contribution in [3.63, 3.8) is 0 Å². The number of amides is 3. The molecule has 2 aliphatic rings. The zero-order chi connectivity index (χ0) is 26.5. The number of fused-ring (bicyclic) bond motifs is 2. The molecule has 3 amide bonds. The Morgan fingerprint density at radius 3 is 2.68 bits per heavy atom. The van der Waals surface area contributed by atoms with Gasteiger partial charge in [-0.1, -0.05) is 18.2 Å². The number of carbonyl (C=O) groups is 4. The van der Waals surface area contributed by atoms with Gasteiger partial charge in [-0.3, -0.25) is 24.4 Å². The smallest absolute Gasteiger partial charge is 0.327 e. The highest BCUT2D eigenvalue weighted by molar-refractivity contribution is 8.01. The number of nitrogen functional groups attached to an aromatic ring is 1. The Balaban J connectivity index is 1.28. The van der Waals surface area contributed by atoms with Crippen molar-refractivity contribution in [1.82, 2.24) is 20.2 Å². The molecule has 2 aliphatic heterocycles. The Morgan fingerprint density at radius 1 is 1.16 bits per heavy atom. The fourth-order valence-electron chi connectivity index (χ4n) is 4.75. The van der Waals surface area contributed by atoms with Gasteiger partial charge < -0.3 is 26.4 Å². The average molecular weight is 521 g/mol. The Hall–Kier alpha value is -4.19. The van der Waals surface area contributed by atoms with E-state index in [0.29, 0.717) is 22.3 Å². The Labute approximate surface area is 215 Å². The molecule has 2 saturated heterocycles. The third-order valence-corrected chi connectivity index (χ3v) is 8.09. The lowest BCUT2D eigenvalue weighted by Gasteiger charge is -2.43. The van der Waals surface area contributed by atoms with Crippen LogP contribution in [-0.4, -0.2) is 65.9 Å². The Bertz CT molecular complexity index is 1460. The lowest BCUT2D eigenvalue weighted by atomic mass is 9.96. The number of anilines is 2. The maximum atomic E-state index is 13.0. The fraction of sp³-hybridized carbons (Fsp3) is 0.280. The average Bonchev–Trinajstić information content (AvgIpc) is 3.12. The van der Waals surface area contributed by atoms with Gasteiger partial charge in [-0.2, -0.15) is 0 Å². The third kappa shape index (κ3) is 4.22. The van der Waals surface area contributed by atoms with E-state index in [9.17, 15) is 24.3 Å². The first-order valence-corrected chi connectivity index (χ1v) is 12.4.